The van der Waals surface area contributed by atoms with Gasteiger partial charge in [0.1, 0.15) is 7.14 Å². The van der Waals surface area contributed by atoms with Crippen LogP contribution in [0.1, 0.15) is 6.92 Å². The predicted molar refractivity (Wildman–Crippen MR) is 54.4 cm³/mol. The second-order valence-corrected chi connectivity index (χ2v) is 6.12. The Morgan fingerprint density at radius 1 is 1.33 bits per heavy atom. The van der Waals surface area contributed by atoms with Gasteiger partial charge < -0.3 is 4.57 Å². The number of hydrogen-bond acceptors (Lipinski definition) is 1. The van der Waals surface area contributed by atoms with Gasteiger partial charge in [0.15, 0.2) is 0 Å². The van der Waals surface area contributed by atoms with E-state index in [4.69, 9.17) is 0 Å². The molecule has 0 N–H and O–H groups in total. The molecule has 2 heteroatoms. The van der Waals surface area contributed by atoms with E-state index in [2.05, 4.69) is 6.58 Å². The van der Waals surface area contributed by atoms with Crippen molar-refractivity contribution in [3.05, 3.63) is 42.2 Å². The SMILES string of the molecule is C=C(C)P(C)(=O)c1ccccc1. The number of hydrogen-bond donors (Lipinski definition) is 0. The standard InChI is InChI=1S/C10H13OP/c1-9(2)12(3,11)10-7-5-4-6-8-10/h4-8H,1H2,2-3H3. The Morgan fingerprint density at radius 2 is 1.83 bits per heavy atom. The highest BCUT2D eigenvalue weighted by Crippen LogP contribution is 2.47. The van der Waals surface area contributed by atoms with E-state index in [1.165, 1.54) is 0 Å². The second kappa shape index (κ2) is 3.28. The maximum Gasteiger partial charge on any atom is 0.135 e. The van der Waals surface area contributed by atoms with E-state index in [1.54, 1.807) is 6.66 Å². The highest BCUT2D eigenvalue weighted by atomic mass is 31.2. The number of benzene rings is 1. The van der Waals surface area contributed by atoms with Crippen molar-refractivity contribution in [1.82, 2.24) is 0 Å². The van der Waals surface area contributed by atoms with Gasteiger partial charge in [-0.15, -0.1) is 0 Å². The van der Waals surface area contributed by atoms with Crippen LogP contribution in [-0.2, 0) is 4.57 Å². The third-order valence-electron chi connectivity index (χ3n) is 1.98. The molecule has 0 aliphatic rings. The molecular formula is C10H13OP. The zero-order valence-corrected chi connectivity index (χ0v) is 8.34. The summed E-state index contributed by atoms with van der Waals surface area (Å²) in [6.45, 7) is 7.31. The molecule has 0 aliphatic heterocycles. The van der Waals surface area contributed by atoms with Crippen LogP contribution in [-0.4, -0.2) is 6.66 Å². The largest absolute Gasteiger partial charge is 0.314 e. The van der Waals surface area contributed by atoms with Gasteiger partial charge in [-0.3, -0.25) is 0 Å². The summed E-state index contributed by atoms with van der Waals surface area (Å²) < 4.78 is 12.0. The monoisotopic (exact) mass is 180 g/mol. The molecule has 0 saturated heterocycles. The Balaban J connectivity index is 3.16. The van der Waals surface area contributed by atoms with Gasteiger partial charge in [0.2, 0.25) is 0 Å². The van der Waals surface area contributed by atoms with Crippen molar-refractivity contribution in [3.63, 3.8) is 0 Å². The van der Waals surface area contributed by atoms with E-state index >= 15 is 0 Å². The highest BCUT2D eigenvalue weighted by molar-refractivity contribution is 7.74. The Labute approximate surface area is 73.5 Å². The molecule has 1 atom stereocenters. The summed E-state index contributed by atoms with van der Waals surface area (Å²) in [4.78, 5) is 0. The van der Waals surface area contributed by atoms with Crippen molar-refractivity contribution in [2.75, 3.05) is 6.66 Å². The molecule has 1 aromatic carbocycles. The maximum absolute atomic E-state index is 12.0. The molecule has 1 rings (SSSR count). The Morgan fingerprint density at radius 3 is 2.25 bits per heavy atom. The van der Waals surface area contributed by atoms with Crippen molar-refractivity contribution in [1.29, 1.82) is 0 Å². The van der Waals surface area contributed by atoms with Gasteiger partial charge >= 0.3 is 0 Å². The van der Waals surface area contributed by atoms with Crippen LogP contribution in [0.25, 0.3) is 0 Å². The van der Waals surface area contributed by atoms with Crippen LogP contribution in [0.3, 0.4) is 0 Å². The molecule has 0 amide bonds. The molecule has 12 heavy (non-hydrogen) atoms. The zero-order valence-electron chi connectivity index (χ0n) is 7.45. The second-order valence-electron chi connectivity index (χ2n) is 2.99. The molecule has 1 aromatic rings. The minimum atomic E-state index is -2.31. The lowest BCUT2D eigenvalue weighted by Gasteiger charge is -2.12. The van der Waals surface area contributed by atoms with Crippen LogP contribution in [0, 0.1) is 0 Å². The molecule has 0 spiro atoms. The summed E-state index contributed by atoms with van der Waals surface area (Å²) in [5.74, 6) is 0. The van der Waals surface area contributed by atoms with Gasteiger partial charge in [-0.2, -0.15) is 0 Å². The molecule has 0 heterocycles. The van der Waals surface area contributed by atoms with E-state index in [0.29, 0.717) is 0 Å². The molecule has 0 fully saturated rings. The van der Waals surface area contributed by atoms with Crippen LogP contribution in [0.2, 0.25) is 0 Å². The lowest BCUT2D eigenvalue weighted by atomic mass is 10.4. The van der Waals surface area contributed by atoms with Crippen molar-refractivity contribution in [3.8, 4) is 0 Å². The summed E-state index contributed by atoms with van der Waals surface area (Å²) in [6, 6.07) is 9.48. The summed E-state index contributed by atoms with van der Waals surface area (Å²) >= 11 is 0. The fourth-order valence-electron chi connectivity index (χ4n) is 0.933. The fourth-order valence-corrected chi connectivity index (χ4v) is 2.11. The summed E-state index contributed by atoms with van der Waals surface area (Å²) in [5.41, 5.74) is 0. The van der Waals surface area contributed by atoms with Gasteiger partial charge in [0, 0.05) is 5.30 Å². The molecule has 64 valence electrons. The van der Waals surface area contributed by atoms with Crippen LogP contribution >= 0.6 is 7.14 Å². The van der Waals surface area contributed by atoms with E-state index in [0.717, 1.165) is 10.6 Å². The van der Waals surface area contributed by atoms with E-state index in [-0.39, 0.29) is 0 Å². The van der Waals surface area contributed by atoms with Gasteiger partial charge in [-0.25, -0.2) is 0 Å². The van der Waals surface area contributed by atoms with Crippen molar-refractivity contribution in [2.24, 2.45) is 0 Å². The third kappa shape index (κ3) is 1.67. The minimum absolute atomic E-state index is 0.758. The topological polar surface area (TPSA) is 17.1 Å². The molecule has 1 nitrogen and oxygen atoms in total. The molecule has 1 unspecified atom stereocenters. The average Bonchev–Trinajstić information content (AvgIpc) is 2.06. The van der Waals surface area contributed by atoms with E-state index < -0.39 is 7.14 Å². The van der Waals surface area contributed by atoms with E-state index in [9.17, 15) is 4.57 Å². The molecule has 0 radical (unpaired) electrons. The quantitative estimate of drug-likeness (QED) is 0.639. The van der Waals surface area contributed by atoms with Gasteiger partial charge in [-0.05, 0) is 18.9 Å². The first-order chi connectivity index (χ1) is 5.55. The van der Waals surface area contributed by atoms with Crippen LogP contribution in [0.4, 0.5) is 0 Å². The lowest BCUT2D eigenvalue weighted by molar-refractivity contribution is 0.588. The zero-order chi connectivity index (χ0) is 9.19. The van der Waals surface area contributed by atoms with Crippen molar-refractivity contribution >= 4 is 12.4 Å². The summed E-state index contributed by atoms with van der Waals surface area (Å²) in [7, 11) is -2.31. The molecule has 0 aromatic heterocycles. The molecule has 0 bridgehead atoms. The normalized spacial score (nSPS) is 15.2. The van der Waals surface area contributed by atoms with Gasteiger partial charge in [0.05, 0.1) is 0 Å². The first-order valence-electron chi connectivity index (χ1n) is 3.84. The van der Waals surface area contributed by atoms with Crippen LogP contribution < -0.4 is 5.30 Å². The highest BCUT2D eigenvalue weighted by Gasteiger charge is 2.17. The van der Waals surface area contributed by atoms with Gasteiger partial charge in [-0.1, -0.05) is 36.9 Å². The third-order valence-corrected chi connectivity index (χ3v) is 4.72. The number of allylic oxidation sites excluding steroid dienone is 1. The summed E-state index contributed by atoms with van der Waals surface area (Å²) in [5, 5.41) is 1.64. The first kappa shape index (κ1) is 9.28. The average molecular weight is 180 g/mol. The maximum atomic E-state index is 12.0. The predicted octanol–water partition coefficient (Wildman–Crippen LogP) is 2.84. The van der Waals surface area contributed by atoms with Crippen molar-refractivity contribution in [2.45, 2.75) is 6.92 Å². The molecular weight excluding hydrogens is 167 g/mol. The van der Waals surface area contributed by atoms with Gasteiger partial charge in [0.25, 0.3) is 0 Å². The smallest absolute Gasteiger partial charge is 0.135 e. The first-order valence-corrected chi connectivity index (χ1v) is 6.00. The minimum Gasteiger partial charge on any atom is -0.314 e. The molecule has 0 saturated carbocycles. The van der Waals surface area contributed by atoms with E-state index in [1.807, 2.05) is 37.3 Å². The number of rotatable bonds is 2. The Kier molecular flexibility index (Phi) is 2.54. The Hall–Kier alpha value is -0.810. The summed E-state index contributed by atoms with van der Waals surface area (Å²) in [6.07, 6.45) is 0. The van der Waals surface area contributed by atoms with Crippen molar-refractivity contribution < 1.29 is 4.57 Å². The Bertz CT molecular complexity index is 327. The van der Waals surface area contributed by atoms with Crippen LogP contribution in [0.15, 0.2) is 42.2 Å². The molecule has 0 aliphatic carbocycles. The lowest BCUT2D eigenvalue weighted by Crippen LogP contribution is -2.02. The fraction of sp³-hybridized carbons (Fsp3) is 0.200. The van der Waals surface area contributed by atoms with Crippen LogP contribution in [0.5, 0.6) is 0 Å².